The molecule has 0 saturated carbocycles. The largest absolute Gasteiger partial charge is 0.383 e. The summed E-state index contributed by atoms with van der Waals surface area (Å²) in [4.78, 5) is 0. The number of methoxy groups -OCH3 is 1. The first-order valence-electron chi connectivity index (χ1n) is 6.45. The van der Waals surface area contributed by atoms with E-state index in [-0.39, 0.29) is 0 Å². The third-order valence-corrected chi connectivity index (χ3v) is 5.12. The second kappa shape index (κ2) is 7.40. The van der Waals surface area contributed by atoms with E-state index in [0.717, 1.165) is 0 Å². The minimum atomic E-state index is -3.20. The molecule has 1 aromatic rings. The van der Waals surface area contributed by atoms with Crippen molar-refractivity contribution in [1.82, 2.24) is 15.1 Å². The number of aromatic nitrogens is 2. The summed E-state index contributed by atoms with van der Waals surface area (Å²) in [6.45, 7) is 5.24. The highest BCUT2D eigenvalue weighted by Crippen LogP contribution is 2.28. The quantitative estimate of drug-likeness (QED) is 0.780. The molecular formula is C12H22ClN3O3S. The van der Waals surface area contributed by atoms with Crippen molar-refractivity contribution < 1.29 is 13.2 Å². The van der Waals surface area contributed by atoms with Crippen molar-refractivity contribution in [2.75, 3.05) is 26.5 Å². The number of hydrogen-bond donors (Lipinski definition) is 1. The first-order chi connectivity index (χ1) is 9.32. The van der Waals surface area contributed by atoms with Gasteiger partial charge in [0, 0.05) is 13.4 Å². The lowest BCUT2D eigenvalue weighted by molar-refractivity contribution is 0.181. The van der Waals surface area contributed by atoms with Crippen LogP contribution in [0, 0.1) is 0 Å². The monoisotopic (exact) mass is 323 g/mol. The molecule has 0 saturated heterocycles. The molecule has 0 spiro atoms. The summed E-state index contributed by atoms with van der Waals surface area (Å²) in [6, 6.07) is -0.401. The van der Waals surface area contributed by atoms with Gasteiger partial charge in [-0.15, -0.1) is 0 Å². The van der Waals surface area contributed by atoms with Gasteiger partial charge in [-0.1, -0.05) is 18.5 Å². The predicted molar refractivity (Wildman–Crippen MR) is 79.8 cm³/mol. The topological polar surface area (TPSA) is 73.2 Å². The standard InChI is InChI=1S/C12H22ClN3O3S/c1-5-14-11(9(2)20(4,17)18)12-10(13)8-15-16(12)6-7-19-3/h8-9,11,14H,5-7H2,1-4H3. The summed E-state index contributed by atoms with van der Waals surface area (Å²) in [5.41, 5.74) is 0.684. The molecule has 1 heterocycles. The number of halogens is 1. The van der Waals surface area contributed by atoms with Crippen LogP contribution in [0.4, 0.5) is 0 Å². The third kappa shape index (κ3) is 4.18. The average Bonchev–Trinajstić information content (AvgIpc) is 2.73. The van der Waals surface area contributed by atoms with E-state index in [1.807, 2.05) is 6.92 Å². The van der Waals surface area contributed by atoms with E-state index in [4.69, 9.17) is 16.3 Å². The van der Waals surface area contributed by atoms with Crippen molar-refractivity contribution in [3.63, 3.8) is 0 Å². The van der Waals surface area contributed by atoms with Crippen LogP contribution < -0.4 is 5.32 Å². The van der Waals surface area contributed by atoms with Crippen LogP contribution in [0.25, 0.3) is 0 Å². The lowest BCUT2D eigenvalue weighted by Gasteiger charge is -2.25. The molecule has 8 heteroatoms. The van der Waals surface area contributed by atoms with E-state index >= 15 is 0 Å². The van der Waals surface area contributed by atoms with E-state index in [9.17, 15) is 8.42 Å². The second-order valence-electron chi connectivity index (χ2n) is 4.66. The van der Waals surface area contributed by atoms with Gasteiger partial charge in [-0.2, -0.15) is 5.10 Å². The number of rotatable bonds is 8. The van der Waals surface area contributed by atoms with Crippen LogP contribution >= 0.6 is 11.6 Å². The van der Waals surface area contributed by atoms with Gasteiger partial charge in [-0.05, 0) is 13.5 Å². The molecule has 0 aliphatic rings. The van der Waals surface area contributed by atoms with E-state index < -0.39 is 21.1 Å². The summed E-state index contributed by atoms with van der Waals surface area (Å²) >= 11 is 6.19. The second-order valence-corrected chi connectivity index (χ2v) is 7.47. The van der Waals surface area contributed by atoms with Gasteiger partial charge in [0.2, 0.25) is 0 Å². The van der Waals surface area contributed by atoms with Crippen molar-refractivity contribution in [3.05, 3.63) is 16.9 Å². The summed E-state index contributed by atoms with van der Waals surface area (Å²) in [5.74, 6) is 0. The molecule has 0 bridgehead atoms. The number of sulfone groups is 1. The molecule has 1 rings (SSSR count). The number of nitrogens with zero attached hydrogens (tertiary/aromatic N) is 2. The highest BCUT2D eigenvalue weighted by molar-refractivity contribution is 7.91. The fraction of sp³-hybridized carbons (Fsp3) is 0.750. The molecule has 0 fully saturated rings. The fourth-order valence-electron chi connectivity index (χ4n) is 1.99. The van der Waals surface area contributed by atoms with E-state index in [1.54, 1.807) is 18.7 Å². The summed E-state index contributed by atoms with van der Waals surface area (Å²) in [5, 5.41) is 7.24. The van der Waals surface area contributed by atoms with Gasteiger partial charge < -0.3 is 10.1 Å². The normalized spacial score (nSPS) is 15.2. The van der Waals surface area contributed by atoms with Gasteiger partial charge in [0.15, 0.2) is 9.84 Å². The van der Waals surface area contributed by atoms with Gasteiger partial charge in [-0.25, -0.2) is 8.42 Å². The van der Waals surface area contributed by atoms with Gasteiger partial charge in [-0.3, -0.25) is 4.68 Å². The van der Waals surface area contributed by atoms with E-state index in [0.29, 0.717) is 30.4 Å². The third-order valence-electron chi connectivity index (χ3n) is 3.20. The molecule has 1 N–H and O–H groups in total. The van der Waals surface area contributed by atoms with Crippen LogP contribution in [0.2, 0.25) is 5.02 Å². The molecule has 0 radical (unpaired) electrons. The maximum Gasteiger partial charge on any atom is 0.151 e. The van der Waals surface area contributed by atoms with Gasteiger partial charge in [0.25, 0.3) is 0 Å². The Kier molecular flexibility index (Phi) is 6.44. The Morgan fingerprint density at radius 1 is 1.55 bits per heavy atom. The molecule has 0 amide bonds. The zero-order valence-corrected chi connectivity index (χ0v) is 13.8. The highest BCUT2D eigenvalue weighted by atomic mass is 35.5. The van der Waals surface area contributed by atoms with Gasteiger partial charge in [0.05, 0.1) is 41.4 Å². The Labute approximate surface area is 125 Å². The van der Waals surface area contributed by atoms with Crippen LogP contribution in [-0.4, -0.2) is 50.0 Å². The first kappa shape index (κ1) is 17.4. The van der Waals surface area contributed by atoms with Crippen LogP contribution in [0.15, 0.2) is 6.20 Å². The predicted octanol–water partition coefficient (Wildman–Crippen LogP) is 1.27. The Bertz CT molecular complexity index is 530. The summed E-state index contributed by atoms with van der Waals surface area (Å²) in [7, 11) is -1.59. The SMILES string of the molecule is CCNC(c1c(Cl)cnn1CCOC)C(C)S(C)(=O)=O. The van der Waals surface area contributed by atoms with Crippen molar-refractivity contribution in [2.45, 2.75) is 31.7 Å². The molecule has 2 unspecified atom stereocenters. The molecule has 1 aromatic heterocycles. The lowest BCUT2D eigenvalue weighted by Crippen LogP contribution is -2.36. The fourth-order valence-corrected chi connectivity index (χ4v) is 2.97. The lowest BCUT2D eigenvalue weighted by atomic mass is 10.1. The van der Waals surface area contributed by atoms with E-state index in [1.165, 1.54) is 12.5 Å². The molecular weight excluding hydrogens is 302 g/mol. The zero-order chi connectivity index (χ0) is 15.3. The van der Waals surface area contributed by atoms with Crippen LogP contribution in [0.5, 0.6) is 0 Å². The zero-order valence-electron chi connectivity index (χ0n) is 12.3. The van der Waals surface area contributed by atoms with Crippen molar-refractivity contribution in [3.8, 4) is 0 Å². The van der Waals surface area contributed by atoms with Gasteiger partial charge >= 0.3 is 0 Å². The molecule has 6 nitrogen and oxygen atoms in total. The van der Waals surface area contributed by atoms with Crippen LogP contribution in [-0.2, 0) is 21.1 Å². The van der Waals surface area contributed by atoms with Crippen LogP contribution in [0.3, 0.4) is 0 Å². The Morgan fingerprint density at radius 3 is 2.70 bits per heavy atom. The van der Waals surface area contributed by atoms with Gasteiger partial charge in [0.1, 0.15) is 0 Å². The van der Waals surface area contributed by atoms with Crippen molar-refractivity contribution in [2.24, 2.45) is 0 Å². The Morgan fingerprint density at radius 2 is 2.20 bits per heavy atom. The molecule has 2 atom stereocenters. The van der Waals surface area contributed by atoms with Crippen molar-refractivity contribution >= 4 is 21.4 Å². The molecule has 0 aromatic carbocycles. The Hall–Kier alpha value is -0.630. The molecule has 0 aliphatic carbocycles. The minimum absolute atomic E-state index is 0.401. The minimum Gasteiger partial charge on any atom is -0.383 e. The van der Waals surface area contributed by atoms with Crippen molar-refractivity contribution in [1.29, 1.82) is 0 Å². The molecule has 20 heavy (non-hydrogen) atoms. The summed E-state index contributed by atoms with van der Waals surface area (Å²) in [6.07, 6.45) is 2.76. The molecule has 0 aliphatic heterocycles. The maximum atomic E-state index is 11.8. The average molecular weight is 324 g/mol. The Balaban J connectivity index is 3.17. The maximum absolute atomic E-state index is 11.8. The smallest absolute Gasteiger partial charge is 0.151 e. The molecule has 116 valence electrons. The van der Waals surface area contributed by atoms with E-state index in [2.05, 4.69) is 10.4 Å². The number of hydrogen-bond acceptors (Lipinski definition) is 5. The first-order valence-corrected chi connectivity index (χ1v) is 8.78. The summed E-state index contributed by atoms with van der Waals surface area (Å²) < 4.78 is 30.4. The van der Waals surface area contributed by atoms with Crippen LogP contribution in [0.1, 0.15) is 25.6 Å². The highest BCUT2D eigenvalue weighted by Gasteiger charge is 2.31. The number of ether oxygens (including phenoxy) is 1. The number of nitrogens with one attached hydrogen (secondary N) is 1.